The predicted molar refractivity (Wildman–Crippen MR) is 164 cm³/mol. The van der Waals surface area contributed by atoms with Gasteiger partial charge < -0.3 is 15.0 Å². The Hall–Kier alpha value is -4.15. The standard InChI is InChI=1S/C32H29N5O2S2/c1-4-28(30(38)36-32-25(17-33)23-14-15-37(2)19-29(23)41-32)40-31-26(18-34)24(20-10-12-22(39-3)13-11-20)16-27(35-31)21-8-6-5-7-9-21/h5-13,16,28H,4,14-15,19H2,1-3H3,(H,36,38). The van der Waals surface area contributed by atoms with Crippen molar-refractivity contribution in [2.45, 2.75) is 36.6 Å². The summed E-state index contributed by atoms with van der Waals surface area (Å²) < 4.78 is 5.32. The molecule has 1 aliphatic heterocycles. The number of benzene rings is 2. The number of nitriles is 2. The molecular formula is C32H29N5O2S2. The number of fused-ring (bicyclic) bond motifs is 1. The highest BCUT2D eigenvalue weighted by molar-refractivity contribution is 8.00. The fraction of sp³-hybridized carbons (Fsp3) is 0.250. The van der Waals surface area contributed by atoms with Gasteiger partial charge in [0, 0.05) is 29.1 Å². The van der Waals surface area contributed by atoms with Crippen molar-refractivity contribution in [1.82, 2.24) is 9.88 Å². The van der Waals surface area contributed by atoms with Crippen LogP contribution in [0.25, 0.3) is 22.4 Å². The summed E-state index contributed by atoms with van der Waals surface area (Å²) in [5.41, 5.74) is 5.25. The SMILES string of the molecule is CCC(Sc1nc(-c2ccccc2)cc(-c2ccc(OC)cc2)c1C#N)C(=O)Nc1sc2c(c1C#N)CCN(C)C2. The summed E-state index contributed by atoms with van der Waals surface area (Å²) in [4.78, 5) is 21.8. The first-order valence-electron chi connectivity index (χ1n) is 13.3. The van der Waals surface area contributed by atoms with E-state index in [-0.39, 0.29) is 5.91 Å². The van der Waals surface area contributed by atoms with E-state index in [1.165, 1.54) is 23.1 Å². The molecule has 5 rings (SSSR count). The monoisotopic (exact) mass is 579 g/mol. The van der Waals surface area contributed by atoms with Crippen LogP contribution in [0.15, 0.2) is 65.7 Å². The number of amides is 1. The van der Waals surface area contributed by atoms with E-state index >= 15 is 0 Å². The number of ether oxygens (including phenoxy) is 1. The molecule has 2 aromatic heterocycles. The first kappa shape index (κ1) is 28.4. The Balaban J connectivity index is 1.51. The first-order valence-corrected chi connectivity index (χ1v) is 15.0. The number of anilines is 1. The average Bonchev–Trinajstić information content (AvgIpc) is 3.35. The number of carbonyl (C=O) groups excluding carboxylic acids is 1. The van der Waals surface area contributed by atoms with Gasteiger partial charge in [0.15, 0.2) is 0 Å². The molecule has 0 fully saturated rings. The minimum Gasteiger partial charge on any atom is -0.497 e. The summed E-state index contributed by atoms with van der Waals surface area (Å²) in [7, 11) is 3.67. The number of hydrogen-bond acceptors (Lipinski definition) is 8. The second-order valence-electron chi connectivity index (χ2n) is 9.75. The second-order valence-corrected chi connectivity index (χ2v) is 12.0. The van der Waals surface area contributed by atoms with Crippen LogP contribution in [0.3, 0.4) is 0 Å². The zero-order chi connectivity index (χ0) is 28.9. The summed E-state index contributed by atoms with van der Waals surface area (Å²) in [6, 6.07) is 23.9. The van der Waals surface area contributed by atoms with Crippen molar-refractivity contribution in [3.63, 3.8) is 0 Å². The summed E-state index contributed by atoms with van der Waals surface area (Å²) in [5.74, 6) is 0.517. The number of methoxy groups -OCH3 is 1. The molecule has 41 heavy (non-hydrogen) atoms. The number of carbonyl (C=O) groups is 1. The van der Waals surface area contributed by atoms with Crippen molar-refractivity contribution in [2.24, 2.45) is 0 Å². The number of rotatable bonds is 8. The number of hydrogen-bond donors (Lipinski definition) is 1. The van der Waals surface area contributed by atoms with Gasteiger partial charge in [-0.25, -0.2) is 4.98 Å². The van der Waals surface area contributed by atoms with Crippen molar-refractivity contribution in [2.75, 3.05) is 26.0 Å². The van der Waals surface area contributed by atoms with Gasteiger partial charge in [0.1, 0.15) is 27.9 Å². The van der Waals surface area contributed by atoms with E-state index in [0.717, 1.165) is 58.1 Å². The minimum atomic E-state index is -0.516. The van der Waals surface area contributed by atoms with Crippen molar-refractivity contribution in [1.29, 1.82) is 10.5 Å². The van der Waals surface area contributed by atoms with Crippen molar-refractivity contribution in [3.8, 4) is 40.3 Å². The molecule has 1 amide bonds. The van der Waals surface area contributed by atoms with E-state index in [0.29, 0.717) is 27.6 Å². The third kappa shape index (κ3) is 5.98. The van der Waals surface area contributed by atoms with E-state index in [1.54, 1.807) is 7.11 Å². The molecule has 1 unspecified atom stereocenters. The smallest absolute Gasteiger partial charge is 0.238 e. The zero-order valence-electron chi connectivity index (χ0n) is 23.1. The number of nitrogens with zero attached hydrogens (tertiary/aromatic N) is 4. The molecule has 4 aromatic rings. The van der Waals surface area contributed by atoms with Gasteiger partial charge in [-0.05, 0) is 49.2 Å². The topological polar surface area (TPSA) is 102 Å². The van der Waals surface area contributed by atoms with Crippen LogP contribution >= 0.6 is 23.1 Å². The van der Waals surface area contributed by atoms with Gasteiger partial charge in [-0.2, -0.15) is 10.5 Å². The van der Waals surface area contributed by atoms with Crippen molar-refractivity contribution >= 4 is 34.0 Å². The lowest BCUT2D eigenvalue weighted by Crippen LogP contribution is -2.25. The quantitative estimate of drug-likeness (QED) is 0.231. The van der Waals surface area contributed by atoms with Gasteiger partial charge >= 0.3 is 0 Å². The van der Waals surface area contributed by atoms with Crippen LogP contribution in [0.4, 0.5) is 5.00 Å². The third-order valence-electron chi connectivity index (χ3n) is 7.08. The van der Waals surface area contributed by atoms with Gasteiger partial charge in [0.25, 0.3) is 0 Å². The maximum absolute atomic E-state index is 13.6. The van der Waals surface area contributed by atoms with E-state index < -0.39 is 5.25 Å². The highest BCUT2D eigenvalue weighted by atomic mass is 32.2. The molecule has 0 saturated heterocycles. The summed E-state index contributed by atoms with van der Waals surface area (Å²) in [6.07, 6.45) is 1.31. The van der Waals surface area contributed by atoms with Gasteiger partial charge in [0.05, 0.1) is 29.2 Å². The Morgan fingerprint density at radius 2 is 1.85 bits per heavy atom. The van der Waals surface area contributed by atoms with Crippen LogP contribution in [0, 0.1) is 22.7 Å². The lowest BCUT2D eigenvalue weighted by Gasteiger charge is -2.21. The fourth-order valence-electron chi connectivity index (χ4n) is 4.86. The van der Waals surface area contributed by atoms with Crippen LogP contribution in [-0.4, -0.2) is 41.7 Å². The summed E-state index contributed by atoms with van der Waals surface area (Å²) in [5, 5.41) is 23.8. The first-order chi connectivity index (χ1) is 19.9. The normalized spacial score (nSPS) is 13.5. The zero-order valence-corrected chi connectivity index (χ0v) is 24.7. The van der Waals surface area contributed by atoms with Crippen LogP contribution < -0.4 is 10.1 Å². The molecule has 0 bridgehead atoms. The Morgan fingerprint density at radius 3 is 2.51 bits per heavy atom. The maximum Gasteiger partial charge on any atom is 0.238 e. The van der Waals surface area contributed by atoms with Gasteiger partial charge in [-0.1, -0.05) is 61.2 Å². The number of likely N-dealkylation sites (N-methyl/N-ethyl adjacent to an activating group) is 1. The second kappa shape index (κ2) is 12.6. The molecule has 9 heteroatoms. The van der Waals surface area contributed by atoms with E-state index in [9.17, 15) is 15.3 Å². The summed E-state index contributed by atoms with van der Waals surface area (Å²) >= 11 is 2.76. The van der Waals surface area contributed by atoms with E-state index in [1.807, 2.05) is 67.6 Å². The molecular weight excluding hydrogens is 551 g/mol. The number of thioether (sulfide) groups is 1. The lowest BCUT2D eigenvalue weighted by molar-refractivity contribution is -0.115. The molecule has 1 aliphatic rings. The van der Waals surface area contributed by atoms with E-state index in [4.69, 9.17) is 9.72 Å². The summed E-state index contributed by atoms with van der Waals surface area (Å²) in [6.45, 7) is 3.59. The molecule has 3 heterocycles. The molecule has 0 radical (unpaired) electrons. The number of aromatic nitrogens is 1. The Bertz CT molecular complexity index is 1650. The molecule has 0 spiro atoms. The van der Waals surface area contributed by atoms with Crippen molar-refractivity contribution in [3.05, 3.63) is 82.2 Å². The minimum absolute atomic E-state index is 0.206. The van der Waals surface area contributed by atoms with Gasteiger partial charge in [-0.15, -0.1) is 11.3 Å². The fourth-order valence-corrected chi connectivity index (χ4v) is 7.16. The molecule has 7 nitrogen and oxygen atoms in total. The maximum atomic E-state index is 13.6. The van der Waals surface area contributed by atoms with Crippen LogP contribution in [0.2, 0.25) is 0 Å². The predicted octanol–water partition coefficient (Wildman–Crippen LogP) is 6.73. The molecule has 1 atom stereocenters. The van der Waals surface area contributed by atoms with Gasteiger partial charge in [-0.3, -0.25) is 4.79 Å². The Morgan fingerprint density at radius 1 is 1.12 bits per heavy atom. The van der Waals surface area contributed by atoms with Crippen LogP contribution in [0.5, 0.6) is 5.75 Å². The Labute approximate surface area is 248 Å². The highest BCUT2D eigenvalue weighted by Gasteiger charge is 2.27. The molecule has 0 saturated carbocycles. The highest BCUT2D eigenvalue weighted by Crippen LogP contribution is 2.39. The van der Waals surface area contributed by atoms with Crippen molar-refractivity contribution < 1.29 is 9.53 Å². The average molecular weight is 580 g/mol. The van der Waals surface area contributed by atoms with Crippen LogP contribution in [-0.2, 0) is 17.8 Å². The molecule has 2 aromatic carbocycles. The van der Waals surface area contributed by atoms with Crippen LogP contribution in [0.1, 0.15) is 34.9 Å². The largest absolute Gasteiger partial charge is 0.497 e. The number of pyridine rings is 1. The lowest BCUT2D eigenvalue weighted by atomic mass is 9.99. The number of thiophene rings is 1. The molecule has 206 valence electrons. The molecule has 0 aliphatic carbocycles. The Kier molecular flexibility index (Phi) is 8.70. The van der Waals surface area contributed by atoms with E-state index in [2.05, 4.69) is 29.4 Å². The third-order valence-corrected chi connectivity index (χ3v) is 9.56. The molecule has 1 N–H and O–H groups in total. The van der Waals surface area contributed by atoms with Gasteiger partial charge in [0.2, 0.25) is 5.91 Å². The number of nitrogens with one attached hydrogen (secondary N) is 1.